The summed E-state index contributed by atoms with van der Waals surface area (Å²) in [5.74, 6) is -1.62. The Kier molecular flexibility index (Phi) is 4.52. The number of carbonyl (C=O) groups is 3. The van der Waals surface area contributed by atoms with Gasteiger partial charge in [-0.3, -0.25) is 19.8 Å². The molecule has 0 bridgehead atoms. The minimum absolute atomic E-state index is 0. The Morgan fingerprint density at radius 2 is 1.86 bits per heavy atom. The maximum absolute atomic E-state index is 11.0. The van der Waals surface area contributed by atoms with Crippen molar-refractivity contribution in [3.05, 3.63) is 0 Å². The number of halogens is 1. The van der Waals surface area contributed by atoms with Crippen molar-refractivity contribution in [2.75, 3.05) is 27.2 Å². The molecule has 0 spiro atoms. The van der Waals surface area contributed by atoms with E-state index in [0.717, 1.165) is 4.90 Å². The number of hydrogen-bond donors (Lipinski definition) is 1. The Labute approximate surface area is 87.6 Å². The molecule has 0 saturated carbocycles. The topological polar surface area (TPSA) is 69.7 Å². The maximum Gasteiger partial charge on any atom is 0.331 e. The second kappa shape index (κ2) is 4.92. The largest absolute Gasteiger partial charge is 0.331 e. The number of rotatable bonds is 3. The normalized spacial score (nSPS) is 15.9. The van der Waals surface area contributed by atoms with Crippen molar-refractivity contribution in [3.63, 3.8) is 0 Å². The first-order chi connectivity index (χ1) is 6.02. The summed E-state index contributed by atoms with van der Waals surface area (Å²) >= 11 is 0. The molecule has 0 aromatic carbocycles. The summed E-state index contributed by atoms with van der Waals surface area (Å²) in [6.07, 6.45) is 0. The van der Waals surface area contributed by atoms with E-state index in [0.29, 0.717) is 6.54 Å². The number of nitrogens with one attached hydrogen (secondary N) is 1. The zero-order valence-corrected chi connectivity index (χ0v) is 8.76. The second-order valence-electron chi connectivity index (χ2n) is 3.02. The van der Waals surface area contributed by atoms with Gasteiger partial charge in [0.2, 0.25) is 0 Å². The molecule has 0 aliphatic carbocycles. The fourth-order valence-corrected chi connectivity index (χ4v) is 0.936. The minimum atomic E-state index is -0.844. The van der Waals surface area contributed by atoms with Gasteiger partial charge in [-0.05, 0) is 14.1 Å². The van der Waals surface area contributed by atoms with Gasteiger partial charge in [0.1, 0.15) is 0 Å². The van der Waals surface area contributed by atoms with Gasteiger partial charge in [0.15, 0.2) is 0 Å². The van der Waals surface area contributed by atoms with Crippen molar-refractivity contribution >= 4 is 30.3 Å². The Morgan fingerprint density at radius 3 is 2.21 bits per heavy atom. The van der Waals surface area contributed by atoms with Crippen molar-refractivity contribution < 1.29 is 14.4 Å². The fourth-order valence-electron chi connectivity index (χ4n) is 0.936. The van der Waals surface area contributed by atoms with E-state index in [4.69, 9.17) is 0 Å². The number of imide groups is 2. The lowest BCUT2D eigenvalue weighted by Crippen LogP contribution is -2.36. The molecule has 0 aromatic rings. The first-order valence-electron chi connectivity index (χ1n) is 3.84. The number of amides is 4. The first-order valence-corrected chi connectivity index (χ1v) is 3.84. The average molecular weight is 222 g/mol. The van der Waals surface area contributed by atoms with Gasteiger partial charge in [0.25, 0.3) is 0 Å². The third-order valence-corrected chi connectivity index (χ3v) is 1.68. The lowest BCUT2D eigenvalue weighted by molar-refractivity contribution is -0.140. The number of hydrogen-bond acceptors (Lipinski definition) is 4. The average Bonchev–Trinajstić information content (AvgIpc) is 2.24. The van der Waals surface area contributed by atoms with Gasteiger partial charge in [-0.25, -0.2) is 4.79 Å². The summed E-state index contributed by atoms with van der Waals surface area (Å²) in [6, 6.07) is -0.628. The molecule has 0 unspecified atom stereocenters. The molecule has 1 aliphatic heterocycles. The van der Waals surface area contributed by atoms with E-state index in [9.17, 15) is 14.4 Å². The standard InChI is InChI=1S/C7H11N3O3.ClH/c1-9(2)3-4-10-6(12)5(11)8-7(10)13;/h3-4H2,1-2H3,(H,8,11,13);1H. The third-order valence-electron chi connectivity index (χ3n) is 1.68. The van der Waals surface area contributed by atoms with Crippen LogP contribution in [0.3, 0.4) is 0 Å². The van der Waals surface area contributed by atoms with Crippen LogP contribution in [0.5, 0.6) is 0 Å². The monoisotopic (exact) mass is 221 g/mol. The first kappa shape index (κ1) is 12.9. The smallest absolute Gasteiger partial charge is 0.308 e. The van der Waals surface area contributed by atoms with Crippen molar-refractivity contribution in [2.45, 2.75) is 0 Å². The Balaban J connectivity index is 0.00000169. The van der Waals surface area contributed by atoms with E-state index < -0.39 is 17.8 Å². The van der Waals surface area contributed by atoms with Crippen molar-refractivity contribution in [1.29, 1.82) is 0 Å². The fraction of sp³-hybridized carbons (Fsp3) is 0.571. The highest BCUT2D eigenvalue weighted by Crippen LogP contribution is 1.99. The van der Waals surface area contributed by atoms with Crippen molar-refractivity contribution in [2.24, 2.45) is 0 Å². The van der Waals surface area contributed by atoms with E-state index in [1.54, 1.807) is 0 Å². The zero-order valence-electron chi connectivity index (χ0n) is 7.94. The third kappa shape index (κ3) is 2.68. The van der Waals surface area contributed by atoms with Gasteiger partial charge < -0.3 is 4.90 Å². The van der Waals surface area contributed by atoms with E-state index in [-0.39, 0.29) is 19.0 Å². The molecular weight excluding hydrogens is 210 g/mol. The molecule has 1 fully saturated rings. The molecule has 0 radical (unpaired) electrons. The summed E-state index contributed by atoms with van der Waals surface area (Å²) in [5.41, 5.74) is 0. The van der Waals surface area contributed by atoms with Gasteiger partial charge in [0.05, 0.1) is 0 Å². The van der Waals surface area contributed by atoms with Gasteiger partial charge in [-0.2, -0.15) is 0 Å². The predicted molar refractivity (Wildman–Crippen MR) is 51.1 cm³/mol. The van der Waals surface area contributed by atoms with Crippen LogP contribution < -0.4 is 5.32 Å². The highest BCUT2D eigenvalue weighted by atomic mass is 35.5. The molecule has 0 atom stereocenters. The summed E-state index contributed by atoms with van der Waals surface area (Å²) in [6.45, 7) is 0.788. The van der Waals surface area contributed by atoms with E-state index in [1.807, 2.05) is 24.3 Å². The summed E-state index contributed by atoms with van der Waals surface area (Å²) < 4.78 is 0. The quantitative estimate of drug-likeness (QED) is 0.493. The predicted octanol–water partition coefficient (Wildman–Crippen LogP) is -0.952. The Bertz CT molecular complexity index is 267. The summed E-state index contributed by atoms with van der Waals surface area (Å²) in [5, 5.41) is 1.92. The summed E-state index contributed by atoms with van der Waals surface area (Å²) in [4.78, 5) is 35.4. The molecule has 1 rings (SSSR count). The van der Waals surface area contributed by atoms with Crippen molar-refractivity contribution in [1.82, 2.24) is 15.1 Å². The van der Waals surface area contributed by atoms with Gasteiger partial charge in [-0.1, -0.05) is 0 Å². The zero-order chi connectivity index (χ0) is 10.0. The van der Waals surface area contributed by atoms with Gasteiger partial charge in [0, 0.05) is 13.1 Å². The molecular formula is C7H12ClN3O3. The molecule has 4 amide bonds. The van der Waals surface area contributed by atoms with Crippen LogP contribution in [0.15, 0.2) is 0 Å². The van der Waals surface area contributed by atoms with Gasteiger partial charge >= 0.3 is 17.8 Å². The molecule has 1 aliphatic rings. The van der Waals surface area contributed by atoms with Crippen molar-refractivity contribution in [3.8, 4) is 0 Å². The maximum atomic E-state index is 11.0. The molecule has 6 nitrogen and oxygen atoms in total. The SMILES string of the molecule is CN(C)CCN1C(=O)NC(=O)C1=O.Cl. The van der Waals surface area contributed by atoms with Crippen LogP contribution in [0.2, 0.25) is 0 Å². The summed E-state index contributed by atoms with van der Waals surface area (Å²) in [7, 11) is 3.64. The van der Waals surface area contributed by atoms with Crippen LogP contribution >= 0.6 is 12.4 Å². The van der Waals surface area contributed by atoms with E-state index in [2.05, 4.69) is 0 Å². The van der Waals surface area contributed by atoms with Crippen LogP contribution in [-0.4, -0.2) is 54.8 Å². The molecule has 0 aromatic heterocycles. The molecule has 7 heteroatoms. The number of likely N-dealkylation sites (N-methyl/N-ethyl adjacent to an activating group) is 1. The van der Waals surface area contributed by atoms with Crippen LogP contribution in [0.1, 0.15) is 0 Å². The number of carbonyl (C=O) groups excluding carboxylic acids is 3. The Morgan fingerprint density at radius 1 is 1.29 bits per heavy atom. The minimum Gasteiger partial charge on any atom is -0.308 e. The molecule has 1 saturated heterocycles. The van der Waals surface area contributed by atoms with Crippen LogP contribution in [-0.2, 0) is 9.59 Å². The van der Waals surface area contributed by atoms with Crippen LogP contribution in [0.25, 0.3) is 0 Å². The molecule has 1 N–H and O–H groups in total. The Hall–Kier alpha value is -1.14. The number of nitrogens with zero attached hydrogens (tertiary/aromatic N) is 2. The lowest BCUT2D eigenvalue weighted by atomic mass is 10.5. The van der Waals surface area contributed by atoms with E-state index in [1.165, 1.54) is 0 Å². The number of urea groups is 1. The van der Waals surface area contributed by atoms with Crippen LogP contribution in [0, 0.1) is 0 Å². The second-order valence-corrected chi connectivity index (χ2v) is 3.02. The highest BCUT2D eigenvalue weighted by molar-refractivity contribution is 6.44. The van der Waals surface area contributed by atoms with E-state index >= 15 is 0 Å². The highest BCUT2D eigenvalue weighted by Gasteiger charge is 2.36. The lowest BCUT2D eigenvalue weighted by Gasteiger charge is -2.14. The molecule has 14 heavy (non-hydrogen) atoms. The molecule has 80 valence electrons. The molecule has 1 heterocycles. The van der Waals surface area contributed by atoms with Gasteiger partial charge in [-0.15, -0.1) is 12.4 Å². The van der Waals surface area contributed by atoms with Crippen LogP contribution in [0.4, 0.5) is 4.79 Å².